The average molecular weight is 255 g/mol. The van der Waals surface area contributed by atoms with Crippen molar-refractivity contribution in [3.05, 3.63) is 18.0 Å². The van der Waals surface area contributed by atoms with Crippen LogP contribution in [0.4, 0.5) is 5.69 Å². The number of methoxy groups -OCH3 is 1. The Kier molecular flexibility index (Phi) is 5.67. The third-order valence-electron chi connectivity index (χ3n) is 2.54. The molecule has 1 unspecified atom stereocenters. The lowest BCUT2D eigenvalue weighted by Crippen LogP contribution is -2.41. The Morgan fingerprint density at radius 3 is 2.94 bits per heavy atom. The molecule has 1 aromatic rings. The largest absolute Gasteiger partial charge is 0.397 e. The number of hydrogen-bond donors (Lipinski definition) is 3. The third kappa shape index (κ3) is 3.75. The number of hydrogen-bond acceptors (Lipinski definition) is 4. The average Bonchev–Trinajstić information content (AvgIpc) is 2.70. The normalized spacial score (nSPS) is 12.4. The summed E-state index contributed by atoms with van der Waals surface area (Å²) >= 11 is 0. The summed E-state index contributed by atoms with van der Waals surface area (Å²) in [5.74, 6) is -0.253. The first-order valence-corrected chi connectivity index (χ1v) is 5.98. The molecule has 0 aromatic carbocycles. The van der Waals surface area contributed by atoms with Crippen molar-refractivity contribution < 1.29 is 14.6 Å². The molecule has 1 amide bonds. The van der Waals surface area contributed by atoms with E-state index in [9.17, 15) is 4.79 Å². The Labute approximate surface area is 107 Å². The molecule has 6 nitrogen and oxygen atoms in total. The van der Waals surface area contributed by atoms with Gasteiger partial charge in [0.2, 0.25) is 0 Å². The minimum Gasteiger partial charge on any atom is -0.397 e. The zero-order chi connectivity index (χ0) is 13.5. The highest BCUT2D eigenvalue weighted by Crippen LogP contribution is 2.11. The monoisotopic (exact) mass is 255 g/mol. The van der Waals surface area contributed by atoms with Gasteiger partial charge in [0.15, 0.2) is 0 Å². The van der Waals surface area contributed by atoms with Crippen LogP contribution >= 0.6 is 0 Å². The third-order valence-corrected chi connectivity index (χ3v) is 2.54. The van der Waals surface area contributed by atoms with Crippen LogP contribution < -0.4 is 11.1 Å². The number of ether oxygens (including phenoxy) is 1. The van der Waals surface area contributed by atoms with E-state index in [-0.39, 0.29) is 19.1 Å². The molecular formula is C12H21N3O3. The number of aliphatic hydroxyl groups is 1. The predicted molar refractivity (Wildman–Crippen MR) is 69.4 cm³/mol. The molecule has 0 fully saturated rings. The molecule has 18 heavy (non-hydrogen) atoms. The lowest BCUT2D eigenvalue weighted by molar-refractivity contribution is 0.0831. The summed E-state index contributed by atoms with van der Waals surface area (Å²) in [6.07, 6.45) is 2.65. The topological polar surface area (TPSA) is 89.5 Å². The number of amides is 1. The fourth-order valence-corrected chi connectivity index (χ4v) is 1.75. The van der Waals surface area contributed by atoms with Crippen molar-refractivity contribution in [2.24, 2.45) is 0 Å². The van der Waals surface area contributed by atoms with Gasteiger partial charge in [0.1, 0.15) is 5.69 Å². The molecule has 0 aliphatic heterocycles. The Bertz CT molecular complexity index is 390. The van der Waals surface area contributed by atoms with Gasteiger partial charge >= 0.3 is 0 Å². The van der Waals surface area contributed by atoms with Crippen molar-refractivity contribution in [2.45, 2.75) is 25.9 Å². The highest BCUT2D eigenvalue weighted by Gasteiger charge is 2.16. The fraction of sp³-hybridized carbons (Fsp3) is 0.583. The quantitative estimate of drug-likeness (QED) is 0.650. The lowest BCUT2D eigenvalue weighted by atomic mass is 10.3. The van der Waals surface area contributed by atoms with Crippen molar-refractivity contribution in [2.75, 3.05) is 26.1 Å². The van der Waals surface area contributed by atoms with Crippen LogP contribution in [0.2, 0.25) is 0 Å². The van der Waals surface area contributed by atoms with E-state index in [1.807, 2.05) is 11.5 Å². The highest BCUT2D eigenvalue weighted by molar-refractivity contribution is 5.94. The Morgan fingerprint density at radius 1 is 1.67 bits per heavy atom. The molecule has 1 aromatic heterocycles. The van der Waals surface area contributed by atoms with E-state index in [1.54, 1.807) is 12.3 Å². The van der Waals surface area contributed by atoms with Gasteiger partial charge in [-0.15, -0.1) is 0 Å². The van der Waals surface area contributed by atoms with Crippen LogP contribution in [0.1, 0.15) is 23.8 Å². The molecule has 102 valence electrons. The first kappa shape index (κ1) is 14.5. The molecule has 0 aliphatic carbocycles. The van der Waals surface area contributed by atoms with Crippen LogP contribution in [0.25, 0.3) is 0 Å². The minimum absolute atomic E-state index is 0.163. The van der Waals surface area contributed by atoms with Gasteiger partial charge in [-0.1, -0.05) is 6.92 Å². The van der Waals surface area contributed by atoms with Crippen molar-refractivity contribution in [3.8, 4) is 0 Å². The number of nitrogens with zero attached hydrogens (tertiary/aromatic N) is 1. The van der Waals surface area contributed by atoms with Gasteiger partial charge in [0, 0.05) is 19.9 Å². The van der Waals surface area contributed by atoms with Crippen LogP contribution in [0, 0.1) is 0 Å². The summed E-state index contributed by atoms with van der Waals surface area (Å²) < 4.78 is 6.72. The van der Waals surface area contributed by atoms with Gasteiger partial charge < -0.3 is 25.5 Å². The maximum absolute atomic E-state index is 12.0. The number of nitrogens with two attached hydrogens (primary N) is 1. The highest BCUT2D eigenvalue weighted by atomic mass is 16.5. The van der Waals surface area contributed by atoms with Crippen molar-refractivity contribution in [1.82, 2.24) is 9.88 Å². The van der Waals surface area contributed by atoms with E-state index >= 15 is 0 Å². The smallest absolute Gasteiger partial charge is 0.268 e. The number of rotatable bonds is 7. The van der Waals surface area contributed by atoms with Crippen LogP contribution in [0.3, 0.4) is 0 Å². The van der Waals surface area contributed by atoms with Gasteiger partial charge in [0.05, 0.1) is 24.9 Å². The molecule has 6 heteroatoms. The first-order valence-electron chi connectivity index (χ1n) is 5.98. The van der Waals surface area contributed by atoms with Crippen molar-refractivity contribution >= 4 is 11.6 Å². The number of carbonyl (C=O) groups excluding carboxylic acids is 1. The summed E-state index contributed by atoms with van der Waals surface area (Å²) in [6.45, 7) is 2.86. The number of carbonyl (C=O) groups is 1. The molecule has 1 rings (SSSR count). The summed E-state index contributed by atoms with van der Waals surface area (Å²) in [6, 6.07) is 1.22. The number of aryl methyl sites for hydroxylation is 1. The molecule has 1 atom stereocenters. The Hall–Kier alpha value is -1.53. The van der Waals surface area contributed by atoms with E-state index in [0.29, 0.717) is 11.4 Å². The van der Waals surface area contributed by atoms with Crippen LogP contribution in [-0.4, -0.2) is 41.9 Å². The maximum atomic E-state index is 12.0. The van der Waals surface area contributed by atoms with Gasteiger partial charge in [0.25, 0.3) is 5.91 Å². The van der Waals surface area contributed by atoms with Gasteiger partial charge in [-0.3, -0.25) is 4.79 Å². The second-order valence-corrected chi connectivity index (χ2v) is 4.16. The predicted octanol–water partition coefficient (Wildman–Crippen LogP) is 0.217. The zero-order valence-corrected chi connectivity index (χ0v) is 10.8. The molecule has 0 aliphatic rings. The SMILES string of the molecule is CCCn1cc(N)cc1C(=O)NC(CO)COC. The van der Waals surface area contributed by atoms with E-state index < -0.39 is 6.04 Å². The molecular weight excluding hydrogens is 234 g/mol. The molecule has 0 saturated heterocycles. The molecule has 0 radical (unpaired) electrons. The molecule has 1 heterocycles. The number of nitrogens with one attached hydrogen (secondary N) is 1. The van der Waals surface area contributed by atoms with Crippen LogP contribution in [0.15, 0.2) is 12.3 Å². The molecule has 4 N–H and O–H groups in total. The number of anilines is 1. The summed E-state index contributed by atoms with van der Waals surface area (Å²) in [5, 5.41) is 11.8. The molecule has 0 bridgehead atoms. The minimum atomic E-state index is -0.409. The van der Waals surface area contributed by atoms with Gasteiger partial charge in [-0.25, -0.2) is 0 Å². The second-order valence-electron chi connectivity index (χ2n) is 4.16. The van der Waals surface area contributed by atoms with Crippen LogP contribution in [0.5, 0.6) is 0 Å². The Morgan fingerprint density at radius 2 is 2.39 bits per heavy atom. The molecule has 0 spiro atoms. The summed E-state index contributed by atoms with van der Waals surface area (Å²) in [4.78, 5) is 12.0. The van der Waals surface area contributed by atoms with E-state index in [0.717, 1.165) is 13.0 Å². The zero-order valence-electron chi connectivity index (χ0n) is 10.8. The number of nitrogen functional groups attached to an aromatic ring is 1. The second kappa shape index (κ2) is 7.03. The van der Waals surface area contributed by atoms with E-state index in [1.165, 1.54) is 7.11 Å². The standard InChI is InChI=1S/C12H21N3O3/c1-3-4-15-6-9(13)5-11(15)12(17)14-10(7-16)8-18-2/h5-6,10,16H,3-4,7-8,13H2,1-2H3,(H,14,17). The maximum Gasteiger partial charge on any atom is 0.268 e. The van der Waals surface area contributed by atoms with Crippen molar-refractivity contribution in [3.63, 3.8) is 0 Å². The van der Waals surface area contributed by atoms with E-state index in [2.05, 4.69) is 5.32 Å². The fourth-order valence-electron chi connectivity index (χ4n) is 1.75. The van der Waals surface area contributed by atoms with Gasteiger partial charge in [-0.05, 0) is 12.5 Å². The summed E-state index contributed by atoms with van der Waals surface area (Å²) in [7, 11) is 1.52. The molecule has 0 saturated carbocycles. The van der Waals surface area contributed by atoms with E-state index in [4.69, 9.17) is 15.6 Å². The van der Waals surface area contributed by atoms with Gasteiger partial charge in [-0.2, -0.15) is 0 Å². The number of aromatic nitrogens is 1. The summed E-state index contributed by atoms with van der Waals surface area (Å²) in [5.41, 5.74) is 6.75. The lowest BCUT2D eigenvalue weighted by Gasteiger charge is -2.16. The Balaban J connectivity index is 2.76. The number of aliphatic hydroxyl groups excluding tert-OH is 1. The first-order chi connectivity index (χ1) is 8.62. The van der Waals surface area contributed by atoms with Crippen LogP contribution in [-0.2, 0) is 11.3 Å². The van der Waals surface area contributed by atoms with Crippen molar-refractivity contribution in [1.29, 1.82) is 0 Å².